The van der Waals surface area contributed by atoms with Crippen molar-refractivity contribution < 1.29 is 4.79 Å². The number of aromatic nitrogens is 1. The van der Waals surface area contributed by atoms with Crippen LogP contribution in [0.15, 0.2) is 57.9 Å². The van der Waals surface area contributed by atoms with E-state index in [1.165, 1.54) is 23.1 Å². The van der Waals surface area contributed by atoms with Gasteiger partial charge in [-0.2, -0.15) is 0 Å². The molecule has 11 heteroatoms. The molecule has 2 radical (unpaired) electrons. The number of carbonyl (C=O) groups excluding carboxylic acids is 1. The van der Waals surface area contributed by atoms with Gasteiger partial charge >= 0.3 is 0 Å². The first-order valence-electron chi connectivity index (χ1n) is 12.3. The molecule has 1 aromatic heterocycles. The van der Waals surface area contributed by atoms with E-state index in [2.05, 4.69) is 15.2 Å². The third kappa shape index (κ3) is 6.82. The van der Waals surface area contributed by atoms with Gasteiger partial charge in [0.25, 0.3) is 0 Å². The number of hydrogen-bond acceptors (Lipinski definition) is 7. The third-order valence-electron chi connectivity index (χ3n) is 6.50. The van der Waals surface area contributed by atoms with E-state index in [-0.39, 0.29) is 11.9 Å². The van der Waals surface area contributed by atoms with Gasteiger partial charge in [0.05, 0.1) is 27.2 Å². The van der Waals surface area contributed by atoms with E-state index in [0.717, 1.165) is 64.9 Å². The van der Waals surface area contributed by atoms with Crippen LogP contribution in [0.5, 0.6) is 0 Å². The summed E-state index contributed by atoms with van der Waals surface area (Å²) in [5.41, 5.74) is 10.4. The zero-order chi connectivity index (χ0) is 26.6. The number of likely N-dealkylation sites (tertiary alicyclic amines) is 1. The van der Waals surface area contributed by atoms with Crippen molar-refractivity contribution in [1.29, 1.82) is 0 Å². The summed E-state index contributed by atoms with van der Waals surface area (Å²) in [5.74, 6) is 0.930. The number of nitrogens with one attached hydrogen (secondary N) is 1. The van der Waals surface area contributed by atoms with Gasteiger partial charge < -0.3 is 11.1 Å². The topological polar surface area (TPSA) is 83.6 Å². The summed E-state index contributed by atoms with van der Waals surface area (Å²) in [6.07, 6.45) is 4.50. The minimum Gasteiger partial charge on any atom is -0.387 e. The maximum absolute atomic E-state index is 12.7. The molecule has 1 amide bonds. The Morgan fingerprint density at radius 1 is 1.16 bits per heavy atom. The number of halogens is 2. The molecule has 3 N–H and O–H groups in total. The number of rotatable bonds is 8. The molecule has 1 fully saturated rings. The average molecular weight is 582 g/mol. The zero-order valence-electron chi connectivity index (χ0n) is 20.6. The number of benzene rings is 2. The average Bonchev–Trinajstić information content (AvgIpc) is 3.51. The van der Waals surface area contributed by atoms with E-state index in [1.807, 2.05) is 48.5 Å². The van der Waals surface area contributed by atoms with Crippen molar-refractivity contribution in [3.63, 3.8) is 0 Å². The second-order valence-electron chi connectivity index (χ2n) is 9.33. The molecule has 38 heavy (non-hydrogen) atoms. The van der Waals surface area contributed by atoms with Crippen LogP contribution in [-0.4, -0.2) is 54.4 Å². The number of thiazole rings is 1. The maximum Gasteiger partial charge on any atom is 0.230 e. The Kier molecular flexibility index (Phi) is 8.80. The third-order valence-corrected chi connectivity index (χ3v) is 9.27. The van der Waals surface area contributed by atoms with Gasteiger partial charge in [0.2, 0.25) is 5.91 Å². The van der Waals surface area contributed by atoms with Crippen LogP contribution in [0.3, 0.4) is 0 Å². The Morgan fingerprint density at radius 2 is 1.95 bits per heavy atom. The molecule has 2 aliphatic rings. The van der Waals surface area contributed by atoms with Gasteiger partial charge in [-0.15, -0.1) is 11.3 Å². The van der Waals surface area contributed by atoms with E-state index >= 15 is 0 Å². The Labute approximate surface area is 242 Å². The number of carbonyl (C=O) groups is 1. The number of amidine groups is 1. The number of amides is 1. The summed E-state index contributed by atoms with van der Waals surface area (Å²) in [7, 11) is 6.30. The van der Waals surface area contributed by atoms with Gasteiger partial charge in [0.1, 0.15) is 18.0 Å². The molecule has 194 valence electrons. The van der Waals surface area contributed by atoms with Crippen LogP contribution >= 0.6 is 46.3 Å². The van der Waals surface area contributed by atoms with E-state index in [0.29, 0.717) is 32.8 Å². The van der Waals surface area contributed by atoms with Gasteiger partial charge in [-0.3, -0.25) is 9.69 Å². The normalized spacial score (nSPS) is 16.4. The summed E-state index contributed by atoms with van der Waals surface area (Å²) >= 11 is 15.0. The molecule has 0 spiro atoms. The highest BCUT2D eigenvalue weighted by atomic mass is 35.5. The van der Waals surface area contributed by atoms with Crippen molar-refractivity contribution in [3.05, 3.63) is 69.7 Å². The van der Waals surface area contributed by atoms with Crippen molar-refractivity contribution in [3.8, 4) is 11.3 Å². The fourth-order valence-corrected chi connectivity index (χ4v) is 6.65. The summed E-state index contributed by atoms with van der Waals surface area (Å²) < 4.78 is 1.40. The predicted molar refractivity (Wildman–Crippen MR) is 161 cm³/mol. The highest BCUT2D eigenvalue weighted by Gasteiger charge is 2.21. The van der Waals surface area contributed by atoms with Crippen molar-refractivity contribution in [2.45, 2.75) is 36.2 Å². The molecule has 3 heterocycles. The number of nitrogens with two attached hydrogens (primary N) is 1. The predicted octanol–water partition coefficient (Wildman–Crippen LogP) is 4.89. The molecule has 6 nitrogen and oxygen atoms in total. The van der Waals surface area contributed by atoms with E-state index in [4.69, 9.17) is 41.8 Å². The standard InChI is InChI=1S/C27H26BCl2N5OS2/c28-26-25(18-3-1-2-17(13-18)22-6-7-23(31)33-22)34-27(38-26)37-15-24(36)32-19-8-10-35(11-9-19)14-16-4-5-20(29)21(30)12-16/h1-6,12-13,19H,7-11,14-15H2,(H2,31,33)(H,32,36). The van der Waals surface area contributed by atoms with Crippen molar-refractivity contribution >= 4 is 76.4 Å². The summed E-state index contributed by atoms with van der Waals surface area (Å²) in [4.78, 5) is 24.1. The first-order chi connectivity index (χ1) is 18.3. The van der Waals surface area contributed by atoms with Crippen LogP contribution in [0.25, 0.3) is 17.0 Å². The monoisotopic (exact) mass is 581 g/mol. The van der Waals surface area contributed by atoms with Crippen molar-refractivity contribution in [2.75, 3.05) is 18.8 Å². The van der Waals surface area contributed by atoms with E-state index in [1.54, 1.807) is 0 Å². The van der Waals surface area contributed by atoms with Crippen LogP contribution in [0.1, 0.15) is 30.4 Å². The summed E-state index contributed by atoms with van der Waals surface area (Å²) in [6, 6.07) is 13.9. The zero-order valence-corrected chi connectivity index (χ0v) is 23.8. The Morgan fingerprint density at radius 3 is 2.68 bits per heavy atom. The van der Waals surface area contributed by atoms with Crippen LogP contribution in [0.2, 0.25) is 10.0 Å². The number of aliphatic imine (C=N–C) groups is 1. The first kappa shape index (κ1) is 27.3. The quantitative estimate of drug-likeness (QED) is 0.292. The Balaban J connectivity index is 1.10. The van der Waals surface area contributed by atoms with Crippen LogP contribution in [-0.2, 0) is 11.3 Å². The first-order valence-corrected chi connectivity index (χ1v) is 14.9. The van der Waals surface area contributed by atoms with E-state index < -0.39 is 0 Å². The van der Waals surface area contributed by atoms with Crippen LogP contribution in [0.4, 0.5) is 0 Å². The largest absolute Gasteiger partial charge is 0.387 e. The minimum atomic E-state index is 0.0128. The molecule has 5 rings (SSSR count). The van der Waals surface area contributed by atoms with Gasteiger partial charge in [0, 0.05) is 43.2 Å². The number of hydrogen-bond donors (Lipinski definition) is 2. The number of thioether (sulfide) groups is 1. The smallest absolute Gasteiger partial charge is 0.230 e. The molecular formula is C27H26BCl2N5OS2. The Bertz CT molecular complexity index is 1400. The van der Waals surface area contributed by atoms with Crippen LogP contribution in [0, 0.1) is 0 Å². The molecule has 0 atom stereocenters. The fourth-order valence-electron chi connectivity index (χ4n) is 4.56. The highest BCUT2D eigenvalue weighted by Crippen LogP contribution is 2.29. The molecule has 0 bridgehead atoms. The lowest BCUT2D eigenvalue weighted by Crippen LogP contribution is -2.44. The molecule has 2 aliphatic heterocycles. The van der Waals surface area contributed by atoms with Crippen LogP contribution < -0.4 is 15.8 Å². The fraction of sp³-hybridized carbons (Fsp3) is 0.296. The molecule has 0 aliphatic carbocycles. The van der Waals surface area contributed by atoms with Crippen molar-refractivity contribution in [1.82, 2.24) is 15.2 Å². The highest BCUT2D eigenvalue weighted by molar-refractivity contribution is 8.01. The van der Waals surface area contributed by atoms with Gasteiger partial charge in [-0.25, -0.2) is 9.98 Å². The number of nitrogens with zero attached hydrogens (tertiary/aromatic N) is 3. The molecule has 1 saturated heterocycles. The Hall–Kier alpha value is -2.30. The second kappa shape index (κ2) is 12.3. The van der Waals surface area contributed by atoms with Gasteiger partial charge in [-0.1, -0.05) is 65.3 Å². The molecule has 2 aromatic carbocycles. The molecule has 3 aromatic rings. The summed E-state index contributed by atoms with van der Waals surface area (Å²) in [6.45, 7) is 2.65. The van der Waals surface area contributed by atoms with E-state index in [9.17, 15) is 4.79 Å². The second-order valence-corrected chi connectivity index (χ2v) is 12.4. The maximum atomic E-state index is 12.7. The lowest BCUT2D eigenvalue weighted by Gasteiger charge is -2.32. The van der Waals surface area contributed by atoms with Gasteiger partial charge in [0.15, 0.2) is 0 Å². The molecule has 0 unspecified atom stereocenters. The lowest BCUT2D eigenvalue weighted by atomic mass is 9.99. The van der Waals surface area contributed by atoms with Crippen molar-refractivity contribution in [2.24, 2.45) is 10.7 Å². The minimum absolute atomic E-state index is 0.0128. The van der Waals surface area contributed by atoms with Gasteiger partial charge in [-0.05, 0) is 41.4 Å². The lowest BCUT2D eigenvalue weighted by molar-refractivity contribution is -0.119. The molecular weight excluding hydrogens is 556 g/mol. The number of piperidine rings is 1. The molecule has 0 saturated carbocycles. The SMILES string of the molecule is [B]c1sc(SCC(=O)NC2CCN(Cc3ccc(Cl)c(Cl)c3)CC2)nc1-c1cccc(C2=CCC(N)=N2)c1. The summed E-state index contributed by atoms with van der Waals surface area (Å²) in [5, 5.41) is 4.32.